The Bertz CT molecular complexity index is 1030. The summed E-state index contributed by atoms with van der Waals surface area (Å²) in [5.41, 5.74) is 6.58. The first-order valence-corrected chi connectivity index (χ1v) is 10.9. The van der Waals surface area contributed by atoms with Crippen LogP contribution in [0.5, 0.6) is 0 Å². The molecule has 0 saturated heterocycles. The molecule has 31 heavy (non-hydrogen) atoms. The molecule has 0 N–H and O–H groups in total. The van der Waals surface area contributed by atoms with Crippen molar-refractivity contribution in [2.24, 2.45) is 4.99 Å². The highest BCUT2D eigenvalue weighted by atomic mass is 16.5. The number of aliphatic imine (C=N–C) groups is 1. The summed E-state index contributed by atoms with van der Waals surface area (Å²) in [5.74, 6) is 0.221. The zero-order chi connectivity index (χ0) is 21.5. The number of benzene rings is 3. The third kappa shape index (κ3) is 5.37. The van der Waals surface area contributed by atoms with E-state index >= 15 is 0 Å². The molecule has 1 aliphatic rings. The van der Waals surface area contributed by atoms with Crippen LogP contribution < -0.4 is 0 Å². The topological polar surface area (TPSA) is 38.7 Å². The first-order valence-electron chi connectivity index (χ1n) is 10.9. The summed E-state index contributed by atoms with van der Waals surface area (Å²) in [6.07, 6.45) is 4.61. The number of carbonyl (C=O) groups excluding carboxylic acids is 1. The Hall–Kier alpha value is -3.46. The number of rotatable bonds is 6. The van der Waals surface area contributed by atoms with Gasteiger partial charge in [0.15, 0.2) is 0 Å². The first kappa shape index (κ1) is 20.8. The lowest BCUT2D eigenvalue weighted by atomic mass is 9.97. The van der Waals surface area contributed by atoms with Crippen molar-refractivity contribution in [3.63, 3.8) is 0 Å². The molecule has 0 heterocycles. The second-order valence-electron chi connectivity index (χ2n) is 7.78. The fourth-order valence-electron chi connectivity index (χ4n) is 4.08. The third-order valence-corrected chi connectivity index (χ3v) is 5.63. The number of esters is 1. The van der Waals surface area contributed by atoms with E-state index in [9.17, 15) is 4.79 Å². The molecule has 3 aromatic carbocycles. The average molecular weight is 410 g/mol. The van der Waals surface area contributed by atoms with E-state index in [0.29, 0.717) is 12.5 Å². The highest BCUT2D eigenvalue weighted by Crippen LogP contribution is 2.38. The van der Waals surface area contributed by atoms with Gasteiger partial charge in [-0.3, -0.25) is 0 Å². The highest BCUT2D eigenvalue weighted by molar-refractivity contribution is 6.13. The normalized spacial score (nSPS) is 16.8. The molecule has 156 valence electrons. The molecule has 0 bridgehead atoms. The van der Waals surface area contributed by atoms with Crippen LogP contribution in [0.2, 0.25) is 0 Å². The predicted octanol–water partition coefficient (Wildman–Crippen LogP) is 6.61. The molecule has 0 aliphatic heterocycles. The van der Waals surface area contributed by atoms with E-state index in [1.807, 2.05) is 43.3 Å². The zero-order valence-corrected chi connectivity index (χ0v) is 17.8. The van der Waals surface area contributed by atoms with Crippen LogP contribution in [0.25, 0.3) is 0 Å². The molecule has 3 heteroatoms. The lowest BCUT2D eigenvalue weighted by Crippen LogP contribution is -2.02. The summed E-state index contributed by atoms with van der Waals surface area (Å²) in [6, 6.07) is 29.1. The van der Waals surface area contributed by atoms with Crippen LogP contribution in [0, 0.1) is 0 Å². The van der Waals surface area contributed by atoms with E-state index in [1.54, 1.807) is 6.08 Å². The van der Waals surface area contributed by atoms with Gasteiger partial charge in [0, 0.05) is 17.2 Å². The van der Waals surface area contributed by atoms with Gasteiger partial charge >= 0.3 is 5.97 Å². The molecule has 1 saturated carbocycles. The molecular weight excluding hydrogens is 382 g/mol. The van der Waals surface area contributed by atoms with Gasteiger partial charge in [0.2, 0.25) is 0 Å². The monoisotopic (exact) mass is 409 g/mol. The fraction of sp³-hybridized carbons (Fsp3) is 0.214. The van der Waals surface area contributed by atoms with E-state index in [4.69, 9.17) is 9.73 Å². The van der Waals surface area contributed by atoms with Crippen molar-refractivity contribution >= 4 is 17.4 Å². The minimum atomic E-state index is -0.225. The Morgan fingerprint density at radius 2 is 1.55 bits per heavy atom. The Morgan fingerprint density at radius 3 is 2.13 bits per heavy atom. The van der Waals surface area contributed by atoms with E-state index in [-0.39, 0.29) is 5.97 Å². The smallest absolute Gasteiger partial charge is 0.330 e. The Balaban J connectivity index is 1.54. The van der Waals surface area contributed by atoms with Crippen LogP contribution in [-0.4, -0.2) is 18.3 Å². The quantitative estimate of drug-likeness (QED) is 0.261. The maximum Gasteiger partial charge on any atom is 0.330 e. The second-order valence-corrected chi connectivity index (χ2v) is 7.78. The molecule has 1 atom stereocenters. The summed E-state index contributed by atoms with van der Waals surface area (Å²) in [4.78, 5) is 16.7. The van der Waals surface area contributed by atoms with Gasteiger partial charge < -0.3 is 4.74 Å². The van der Waals surface area contributed by atoms with Gasteiger partial charge in [-0.25, -0.2) is 9.79 Å². The molecular formula is C28H27NO2. The Kier molecular flexibility index (Phi) is 6.73. The lowest BCUT2D eigenvalue weighted by molar-refractivity contribution is -0.137. The van der Waals surface area contributed by atoms with E-state index in [2.05, 4.69) is 48.5 Å². The van der Waals surface area contributed by atoms with E-state index in [1.165, 1.54) is 11.1 Å². The minimum absolute atomic E-state index is 0.225. The van der Waals surface area contributed by atoms with Gasteiger partial charge in [-0.1, -0.05) is 78.4 Å². The lowest BCUT2D eigenvalue weighted by Gasteiger charge is -2.11. The van der Waals surface area contributed by atoms with Gasteiger partial charge in [-0.15, -0.1) is 0 Å². The maximum atomic E-state index is 11.7. The van der Waals surface area contributed by atoms with Gasteiger partial charge in [0.25, 0.3) is 0 Å². The number of carbonyl (C=O) groups is 1. The molecule has 0 radical (unpaired) electrons. The Morgan fingerprint density at radius 1 is 0.935 bits per heavy atom. The van der Waals surface area contributed by atoms with Crippen molar-refractivity contribution in [1.82, 2.24) is 0 Å². The van der Waals surface area contributed by atoms with E-state index < -0.39 is 0 Å². The molecule has 1 fully saturated rings. The van der Waals surface area contributed by atoms with Crippen molar-refractivity contribution in [2.45, 2.75) is 32.1 Å². The largest absolute Gasteiger partial charge is 0.463 e. The van der Waals surface area contributed by atoms with Crippen LogP contribution >= 0.6 is 0 Å². The standard InChI is InChI=1S/C28H27NO2/c1-2-31-27(30)20-21-13-14-25(19-21)22-15-17-26(18-16-22)29-28(23-9-5-3-6-10-23)24-11-7-4-8-12-24/h3-12,15-18,20,25H,2,13-14,19H2,1H3/t25-/m0/s1. The summed E-state index contributed by atoms with van der Waals surface area (Å²) in [7, 11) is 0. The minimum Gasteiger partial charge on any atom is -0.463 e. The van der Waals surface area contributed by atoms with Crippen LogP contribution in [0.3, 0.4) is 0 Å². The van der Waals surface area contributed by atoms with Crippen LogP contribution in [0.1, 0.15) is 48.8 Å². The van der Waals surface area contributed by atoms with Gasteiger partial charge in [-0.05, 0) is 49.8 Å². The number of nitrogens with zero attached hydrogens (tertiary/aromatic N) is 1. The van der Waals surface area contributed by atoms with Crippen LogP contribution in [0.15, 0.2) is 102 Å². The van der Waals surface area contributed by atoms with Crippen molar-refractivity contribution < 1.29 is 9.53 Å². The summed E-state index contributed by atoms with van der Waals surface area (Å²) in [6.45, 7) is 2.25. The number of hydrogen-bond donors (Lipinski definition) is 0. The Labute approximate surface area is 184 Å². The van der Waals surface area contributed by atoms with Gasteiger partial charge in [-0.2, -0.15) is 0 Å². The molecule has 0 amide bonds. The fourth-order valence-corrected chi connectivity index (χ4v) is 4.08. The molecule has 0 spiro atoms. The second kappa shape index (κ2) is 10.0. The van der Waals surface area contributed by atoms with Gasteiger partial charge in [0.05, 0.1) is 18.0 Å². The number of ether oxygens (including phenoxy) is 1. The number of hydrogen-bond acceptors (Lipinski definition) is 3. The first-order chi connectivity index (χ1) is 15.2. The molecule has 4 rings (SSSR count). The van der Waals surface area contributed by atoms with Crippen molar-refractivity contribution in [2.75, 3.05) is 6.61 Å². The summed E-state index contributed by atoms with van der Waals surface area (Å²) < 4.78 is 5.04. The third-order valence-electron chi connectivity index (χ3n) is 5.63. The van der Waals surface area contributed by atoms with Crippen molar-refractivity contribution in [3.05, 3.63) is 113 Å². The zero-order valence-electron chi connectivity index (χ0n) is 17.8. The predicted molar refractivity (Wildman–Crippen MR) is 126 cm³/mol. The summed E-state index contributed by atoms with van der Waals surface area (Å²) >= 11 is 0. The molecule has 3 aromatic rings. The number of allylic oxidation sites excluding steroid dienone is 1. The van der Waals surface area contributed by atoms with Crippen LogP contribution in [-0.2, 0) is 9.53 Å². The SMILES string of the molecule is CCOC(=O)C=C1CC[C@H](c2ccc(N=C(c3ccccc3)c3ccccc3)cc2)C1. The molecule has 0 aromatic heterocycles. The molecule has 0 unspecified atom stereocenters. The maximum absolute atomic E-state index is 11.7. The van der Waals surface area contributed by atoms with Gasteiger partial charge in [0.1, 0.15) is 0 Å². The molecule has 1 aliphatic carbocycles. The summed E-state index contributed by atoms with van der Waals surface area (Å²) in [5, 5.41) is 0. The van der Waals surface area contributed by atoms with Crippen molar-refractivity contribution in [1.29, 1.82) is 0 Å². The van der Waals surface area contributed by atoms with Crippen LogP contribution in [0.4, 0.5) is 5.69 Å². The highest BCUT2D eigenvalue weighted by Gasteiger charge is 2.22. The van der Waals surface area contributed by atoms with E-state index in [0.717, 1.165) is 41.8 Å². The molecule has 3 nitrogen and oxygen atoms in total. The van der Waals surface area contributed by atoms with Crippen molar-refractivity contribution in [3.8, 4) is 0 Å². The average Bonchev–Trinajstić information content (AvgIpc) is 3.27.